The van der Waals surface area contributed by atoms with Crippen LogP contribution in [0, 0.1) is 0 Å². The molecule has 1 aromatic carbocycles. The second kappa shape index (κ2) is 6.66. The second-order valence-electron chi connectivity index (χ2n) is 5.57. The Bertz CT molecular complexity index is 552. The highest BCUT2D eigenvalue weighted by Gasteiger charge is 2.18. The summed E-state index contributed by atoms with van der Waals surface area (Å²) in [5, 5.41) is 6.26. The quantitative estimate of drug-likeness (QED) is 0.836. The molecule has 0 unspecified atom stereocenters. The Morgan fingerprint density at radius 3 is 3.14 bits per heavy atom. The summed E-state index contributed by atoms with van der Waals surface area (Å²) in [7, 11) is 0. The first-order chi connectivity index (χ1) is 10.3. The number of amides is 1. The topological polar surface area (TPSA) is 50.4 Å². The van der Waals surface area contributed by atoms with E-state index < -0.39 is 0 Å². The predicted octanol–water partition coefficient (Wildman–Crippen LogP) is 3.11. The molecule has 0 aromatic heterocycles. The first-order valence-corrected chi connectivity index (χ1v) is 7.80. The molecular weight excluding hydrogens is 264 g/mol. The van der Waals surface area contributed by atoms with E-state index in [1.165, 1.54) is 31.3 Å². The van der Waals surface area contributed by atoms with Crippen molar-refractivity contribution in [1.29, 1.82) is 0 Å². The molecule has 112 valence electrons. The summed E-state index contributed by atoms with van der Waals surface area (Å²) in [6.45, 7) is 2.08. The van der Waals surface area contributed by atoms with Crippen molar-refractivity contribution < 1.29 is 9.53 Å². The van der Waals surface area contributed by atoms with Crippen LogP contribution in [0.25, 0.3) is 0 Å². The Hall–Kier alpha value is -1.97. The zero-order valence-electron chi connectivity index (χ0n) is 12.3. The predicted molar refractivity (Wildman–Crippen MR) is 83.9 cm³/mol. The average Bonchev–Trinajstić information content (AvgIpc) is 2.55. The Morgan fingerprint density at radius 2 is 2.29 bits per heavy atom. The van der Waals surface area contributed by atoms with Gasteiger partial charge in [-0.15, -0.1) is 0 Å². The van der Waals surface area contributed by atoms with E-state index in [0.717, 1.165) is 18.7 Å². The minimum atomic E-state index is -0.0491. The Kier molecular flexibility index (Phi) is 4.43. The van der Waals surface area contributed by atoms with Crippen molar-refractivity contribution in [2.24, 2.45) is 0 Å². The van der Waals surface area contributed by atoms with E-state index in [-0.39, 0.29) is 5.91 Å². The molecular formula is C17H22N2O2. The summed E-state index contributed by atoms with van der Waals surface area (Å²) in [6.07, 6.45) is 8.24. The van der Waals surface area contributed by atoms with E-state index in [9.17, 15) is 4.79 Å². The molecule has 0 spiro atoms. The zero-order valence-corrected chi connectivity index (χ0v) is 12.3. The highest BCUT2D eigenvalue weighted by molar-refractivity contribution is 5.98. The Labute approximate surface area is 125 Å². The number of hydrogen-bond donors (Lipinski definition) is 2. The number of fused-ring (bicyclic) bond motifs is 1. The summed E-state index contributed by atoms with van der Waals surface area (Å²) in [5.74, 6) is 0.630. The number of carbonyl (C=O) groups excluding carboxylic acids is 1. The number of allylic oxidation sites excluding steroid dienone is 1. The van der Waals surface area contributed by atoms with Crippen LogP contribution in [0.4, 0.5) is 5.69 Å². The average molecular weight is 286 g/mol. The molecule has 3 rings (SSSR count). The fourth-order valence-corrected chi connectivity index (χ4v) is 2.91. The molecule has 0 saturated carbocycles. The smallest absolute Gasteiger partial charge is 0.255 e. The number of anilines is 1. The lowest BCUT2D eigenvalue weighted by Gasteiger charge is -2.21. The number of rotatable bonds is 4. The largest absolute Gasteiger partial charge is 0.489 e. The molecule has 0 radical (unpaired) electrons. The monoisotopic (exact) mass is 286 g/mol. The molecule has 1 aromatic rings. The molecule has 1 heterocycles. The van der Waals surface area contributed by atoms with Crippen LogP contribution >= 0.6 is 0 Å². The second-order valence-corrected chi connectivity index (χ2v) is 5.57. The van der Waals surface area contributed by atoms with Crippen molar-refractivity contribution in [1.82, 2.24) is 5.32 Å². The number of nitrogens with one attached hydrogen (secondary N) is 2. The summed E-state index contributed by atoms with van der Waals surface area (Å²) < 4.78 is 5.64. The molecule has 2 N–H and O–H groups in total. The first kappa shape index (κ1) is 14.0. The van der Waals surface area contributed by atoms with Crippen molar-refractivity contribution in [2.45, 2.75) is 32.1 Å². The number of carbonyl (C=O) groups is 1. The van der Waals surface area contributed by atoms with E-state index in [1.54, 1.807) is 0 Å². The maximum Gasteiger partial charge on any atom is 0.255 e. The highest BCUT2D eigenvalue weighted by Crippen LogP contribution is 2.31. The molecule has 4 nitrogen and oxygen atoms in total. The van der Waals surface area contributed by atoms with Crippen LogP contribution in [-0.2, 0) is 0 Å². The van der Waals surface area contributed by atoms with Gasteiger partial charge in [0, 0.05) is 13.1 Å². The van der Waals surface area contributed by atoms with Gasteiger partial charge < -0.3 is 15.4 Å². The van der Waals surface area contributed by atoms with Gasteiger partial charge in [-0.05, 0) is 44.2 Å². The van der Waals surface area contributed by atoms with E-state index in [4.69, 9.17) is 4.74 Å². The van der Waals surface area contributed by atoms with Crippen molar-refractivity contribution in [3.63, 3.8) is 0 Å². The summed E-state index contributed by atoms with van der Waals surface area (Å²) in [5.41, 5.74) is 3.01. The lowest BCUT2D eigenvalue weighted by Crippen LogP contribution is -2.27. The van der Waals surface area contributed by atoms with Gasteiger partial charge in [0.1, 0.15) is 6.61 Å². The molecule has 0 atom stereocenters. The van der Waals surface area contributed by atoms with Crippen LogP contribution in [0.3, 0.4) is 0 Å². The van der Waals surface area contributed by atoms with Gasteiger partial charge in [0.2, 0.25) is 0 Å². The van der Waals surface area contributed by atoms with Crippen molar-refractivity contribution in [3.8, 4) is 5.75 Å². The van der Waals surface area contributed by atoms with Gasteiger partial charge in [0.05, 0.1) is 11.3 Å². The number of ether oxygens (including phenoxy) is 1. The van der Waals surface area contributed by atoms with Crippen LogP contribution in [0.5, 0.6) is 5.75 Å². The van der Waals surface area contributed by atoms with Gasteiger partial charge in [0.25, 0.3) is 5.91 Å². The molecule has 0 saturated heterocycles. The first-order valence-electron chi connectivity index (χ1n) is 7.80. The normalized spacial score (nSPS) is 17.0. The minimum absolute atomic E-state index is 0.0491. The Balaban J connectivity index is 1.59. The molecule has 0 fully saturated rings. The SMILES string of the molecule is O=C(NCCC1=CCCCC1)c1cccc2c1OCCN2. The Morgan fingerprint density at radius 1 is 1.33 bits per heavy atom. The van der Waals surface area contributed by atoms with E-state index in [1.807, 2.05) is 18.2 Å². The van der Waals surface area contributed by atoms with E-state index in [2.05, 4.69) is 16.7 Å². The molecule has 1 aliphatic heterocycles. The van der Waals surface area contributed by atoms with Crippen LogP contribution in [-0.4, -0.2) is 25.6 Å². The third-order valence-electron chi connectivity index (χ3n) is 4.04. The van der Waals surface area contributed by atoms with Gasteiger partial charge >= 0.3 is 0 Å². The fraction of sp³-hybridized carbons (Fsp3) is 0.471. The van der Waals surface area contributed by atoms with Gasteiger partial charge in [-0.25, -0.2) is 0 Å². The minimum Gasteiger partial charge on any atom is -0.489 e. The van der Waals surface area contributed by atoms with E-state index >= 15 is 0 Å². The number of benzene rings is 1. The van der Waals surface area contributed by atoms with Gasteiger partial charge in [-0.3, -0.25) is 4.79 Å². The molecule has 1 amide bonds. The van der Waals surface area contributed by atoms with Gasteiger partial charge in [-0.1, -0.05) is 17.7 Å². The van der Waals surface area contributed by atoms with Crippen LogP contribution < -0.4 is 15.4 Å². The summed E-state index contributed by atoms with van der Waals surface area (Å²) >= 11 is 0. The molecule has 2 aliphatic rings. The highest BCUT2D eigenvalue weighted by atomic mass is 16.5. The van der Waals surface area contributed by atoms with Crippen molar-refractivity contribution in [2.75, 3.05) is 25.0 Å². The number of hydrogen-bond acceptors (Lipinski definition) is 3. The van der Waals surface area contributed by atoms with Crippen LogP contribution in [0.2, 0.25) is 0 Å². The van der Waals surface area contributed by atoms with Gasteiger partial charge in [-0.2, -0.15) is 0 Å². The third-order valence-corrected chi connectivity index (χ3v) is 4.04. The maximum absolute atomic E-state index is 12.3. The van der Waals surface area contributed by atoms with Crippen LogP contribution in [0.1, 0.15) is 42.5 Å². The lowest BCUT2D eigenvalue weighted by atomic mass is 9.97. The zero-order chi connectivity index (χ0) is 14.5. The molecule has 1 aliphatic carbocycles. The third kappa shape index (κ3) is 3.38. The summed E-state index contributed by atoms with van der Waals surface area (Å²) in [6, 6.07) is 5.65. The van der Waals surface area contributed by atoms with Crippen LogP contribution in [0.15, 0.2) is 29.8 Å². The maximum atomic E-state index is 12.3. The van der Waals surface area contributed by atoms with Gasteiger partial charge in [0.15, 0.2) is 5.75 Å². The molecule has 4 heteroatoms. The summed E-state index contributed by atoms with van der Waals surface area (Å²) in [4.78, 5) is 12.3. The lowest BCUT2D eigenvalue weighted by molar-refractivity contribution is 0.0950. The molecule has 21 heavy (non-hydrogen) atoms. The van der Waals surface area contributed by atoms with E-state index in [0.29, 0.717) is 24.5 Å². The fourth-order valence-electron chi connectivity index (χ4n) is 2.91. The standard InChI is InChI=1S/C17H22N2O2/c20-17(19-10-9-13-5-2-1-3-6-13)14-7-4-8-15-16(14)21-12-11-18-15/h4-5,7-8,18H,1-3,6,9-12H2,(H,19,20). The van der Waals surface area contributed by atoms with Crippen molar-refractivity contribution >= 4 is 11.6 Å². The molecule has 0 bridgehead atoms. The van der Waals surface area contributed by atoms with Crippen molar-refractivity contribution in [3.05, 3.63) is 35.4 Å². The number of para-hydroxylation sites is 1.